The second-order valence-corrected chi connectivity index (χ2v) is 8.79. The maximum atomic E-state index is 12.8. The highest BCUT2D eigenvalue weighted by Gasteiger charge is 2.33. The number of carbonyl (C=O) groups is 2. The van der Waals surface area contributed by atoms with Crippen molar-refractivity contribution in [2.45, 2.75) is 6.92 Å². The Morgan fingerprint density at radius 2 is 1.61 bits per heavy atom. The lowest BCUT2D eigenvalue weighted by Crippen LogP contribution is -2.36. The average Bonchev–Trinajstić information content (AvgIpc) is 3.04. The Morgan fingerprint density at radius 3 is 2.32 bits per heavy atom. The molecule has 2 amide bonds. The van der Waals surface area contributed by atoms with Gasteiger partial charge in [-0.25, -0.2) is 0 Å². The summed E-state index contributed by atoms with van der Waals surface area (Å²) in [6, 6.07) is 25.6. The minimum Gasteiger partial charge on any atom is -0.324 e. The van der Waals surface area contributed by atoms with Crippen LogP contribution in [0.25, 0.3) is 17.2 Å². The van der Waals surface area contributed by atoms with Gasteiger partial charge in [0.15, 0.2) is 0 Å². The molecule has 0 saturated carbocycles. The number of rotatable bonds is 5. The van der Waals surface area contributed by atoms with Crippen LogP contribution in [0, 0.1) is 6.92 Å². The molecule has 1 aliphatic heterocycles. The number of carbonyl (C=O) groups excluding carboxylic acids is 2. The van der Waals surface area contributed by atoms with Crippen LogP contribution in [0.2, 0.25) is 0 Å². The number of aryl methyl sites for hydroxylation is 1. The molecule has 0 radical (unpaired) electrons. The molecule has 31 heavy (non-hydrogen) atoms. The lowest BCUT2D eigenvalue weighted by atomic mass is 10.0. The number of thioether (sulfide) groups is 1. The summed E-state index contributed by atoms with van der Waals surface area (Å²) < 4.78 is 0.386. The summed E-state index contributed by atoms with van der Waals surface area (Å²) in [5.41, 5.74) is 4.84. The summed E-state index contributed by atoms with van der Waals surface area (Å²) in [4.78, 5) is 27.1. The van der Waals surface area contributed by atoms with Gasteiger partial charge in [0.2, 0.25) is 5.91 Å². The highest BCUT2D eigenvalue weighted by atomic mass is 32.2. The van der Waals surface area contributed by atoms with Crippen molar-refractivity contribution in [2.75, 3.05) is 11.9 Å². The second-order valence-electron chi connectivity index (χ2n) is 7.12. The number of nitrogens with zero attached hydrogens (tertiary/aromatic N) is 1. The first kappa shape index (κ1) is 21.0. The molecule has 3 aromatic rings. The molecule has 1 N–H and O–H groups in total. The molecule has 0 aliphatic carbocycles. The van der Waals surface area contributed by atoms with E-state index in [0.717, 1.165) is 27.9 Å². The predicted octanol–water partition coefficient (Wildman–Crippen LogP) is 5.50. The number of para-hydroxylation sites is 1. The van der Waals surface area contributed by atoms with Crippen LogP contribution in [0.15, 0.2) is 83.8 Å². The van der Waals surface area contributed by atoms with E-state index in [0.29, 0.717) is 9.23 Å². The molecule has 4 rings (SSSR count). The van der Waals surface area contributed by atoms with Crippen LogP contribution in [-0.2, 0) is 9.59 Å². The summed E-state index contributed by atoms with van der Waals surface area (Å²) >= 11 is 6.57. The summed E-state index contributed by atoms with van der Waals surface area (Å²) in [5, 5.41) is 2.84. The van der Waals surface area contributed by atoms with E-state index in [1.165, 1.54) is 16.7 Å². The van der Waals surface area contributed by atoms with E-state index in [2.05, 4.69) is 17.4 Å². The largest absolute Gasteiger partial charge is 0.324 e. The third-order valence-electron chi connectivity index (χ3n) is 4.91. The van der Waals surface area contributed by atoms with Gasteiger partial charge in [-0.1, -0.05) is 96.8 Å². The summed E-state index contributed by atoms with van der Waals surface area (Å²) in [5.74, 6) is -0.527. The first-order chi connectivity index (χ1) is 15.0. The van der Waals surface area contributed by atoms with Gasteiger partial charge in [-0.05, 0) is 41.3 Å². The molecule has 6 heteroatoms. The number of benzene rings is 3. The molecule has 0 unspecified atom stereocenters. The quantitative estimate of drug-likeness (QED) is 0.417. The molecule has 0 bridgehead atoms. The zero-order valence-corrected chi connectivity index (χ0v) is 18.5. The molecular weight excluding hydrogens is 424 g/mol. The van der Waals surface area contributed by atoms with Crippen molar-refractivity contribution < 1.29 is 9.59 Å². The zero-order valence-electron chi connectivity index (χ0n) is 16.9. The lowest BCUT2D eigenvalue weighted by Gasteiger charge is -2.15. The maximum Gasteiger partial charge on any atom is 0.266 e. The van der Waals surface area contributed by atoms with E-state index in [1.54, 1.807) is 0 Å². The van der Waals surface area contributed by atoms with Gasteiger partial charge in [0.05, 0.1) is 4.91 Å². The Balaban J connectivity index is 1.44. The van der Waals surface area contributed by atoms with Gasteiger partial charge >= 0.3 is 0 Å². The fourth-order valence-corrected chi connectivity index (χ4v) is 4.49. The summed E-state index contributed by atoms with van der Waals surface area (Å²) in [6.07, 6.45) is 1.81. The van der Waals surface area contributed by atoms with Crippen molar-refractivity contribution in [3.8, 4) is 11.1 Å². The van der Waals surface area contributed by atoms with Crippen molar-refractivity contribution in [2.24, 2.45) is 0 Å². The molecule has 1 aliphatic rings. The van der Waals surface area contributed by atoms with E-state index < -0.39 is 0 Å². The third kappa shape index (κ3) is 4.93. The number of hydrogen-bond acceptors (Lipinski definition) is 4. The van der Waals surface area contributed by atoms with Crippen molar-refractivity contribution in [3.63, 3.8) is 0 Å². The van der Waals surface area contributed by atoms with Gasteiger partial charge in [-0.15, -0.1) is 0 Å². The van der Waals surface area contributed by atoms with Gasteiger partial charge < -0.3 is 5.32 Å². The molecule has 1 heterocycles. The van der Waals surface area contributed by atoms with E-state index in [9.17, 15) is 9.59 Å². The molecule has 3 aromatic carbocycles. The monoisotopic (exact) mass is 444 g/mol. The van der Waals surface area contributed by atoms with Gasteiger partial charge in [-0.3, -0.25) is 14.5 Å². The van der Waals surface area contributed by atoms with Gasteiger partial charge in [0, 0.05) is 5.69 Å². The van der Waals surface area contributed by atoms with Crippen LogP contribution in [0.4, 0.5) is 5.69 Å². The Bertz CT molecular complexity index is 1170. The normalized spacial score (nSPS) is 14.9. The van der Waals surface area contributed by atoms with Crippen molar-refractivity contribution in [3.05, 3.63) is 94.9 Å². The highest BCUT2D eigenvalue weighted by Crippen LogP contribution is 2.33. The Labute approximate surface area is 191 Å². The Kier molecular flexibility index (Phi) is 6.30. The van der Waals surface area contributed by atoms with Crippen molar-refractivity contribution >= 4 is 51.9 Å². The van der Waals surface area contributed by atoms with Crippen LogP contribution in [0.1, 0.15) is 11.1 Å². The van der Waals surface area contributed by atoms with Crippen molar-refractivity contribution in [1.82, 2.24) is 4.90 Å². The SMILES string of the molecule is Cc1ccccc1NC(=O)CN1C(=O)/C(=C/c2ccc(-c3ccccc3)cc2)SC1=S. The van der Waals surface area contributed by atoms with Crippen LogP contribution < -0.4 is 5.32 Å². The number of anilines is 1. The zero-order chi connectivity index (χ0) is 21.8. The van der Waals surface area contributed by atoms with Crippen LogP contribution in [0.5, 0.6) is 0 Å². The van der Waals surface area contributed by atoms with E-state index in [-0.39, 0.29) is 18.4 Å². The molecule has 0 aromatic heterocycles. The Morgan fingerprint density at radius 1 is 0.968 bits per heavy atom. The van der Waals surface area contributed by atoms with E-state index >= 15 is 0 Å². The number of amides is 2. The molecule has 0 spiro atoms. The number of nitrogens with one attached hydrogen (secondary N) is 1. The minimum atomic E-state index is -0.279. The molecule has 0 atom stereocenters. The topological polar surface area (TPSA) is 49.4 Å². The first-order valence-electron chi connectivity index (χ1n) is 9.77. The first-order valence-corrected chi connectivity index (χ1v) is 11.0. The standard InChI is InChI=1S/C25H20N2O2S2/c1-17-7-5-6-10-21(17)26-23(28)16-27-24(29)22(31-25(27)30)15-18-11-13-20(14-12-18)19-8-3-2-4-9-19/h2-15H,16H2,1H3,(H,26,28)/b22-15-. The maximum absolute atomic E-state index is 12.8. The lowest BCUT2D eigenvalue weighted by molar-refractivity contribution is -0.126. The predicted molar refractivity (Wildman–Crippen MR) is 132 cm³/mol. The second kappa shape index (κ2) is 9.29. The average molecular weight is 445 g/mol. The van der Waals surface area contributed by atoms with Crippen LogP contribution in [0.3, 0.4) is 0 Å². The van der Waals surface area contributed by atoms with Gasteiger partial charge in [0.25, 0.3) is 5.91 Å². The third-order valence-corrected chi connectivity index (χ3v) is 6.29. The van der Waals surface area contributed by atoms with E-state index in [1.807, 2.05) is 79.7 Å². The fraction of sp³-hybridized carbons (Fsp3) is 0.0800. The van der Waals surface area contributed by atoms with Gasteiger partial charge in [-0.2, -0.15) is 0 Å². The summed E-state index contributed by atoms with van der Waals surface area (Å²) in [7, 11) is 0. The van der Waals surface area contributed by atoms with Gasteiger partial charge in [0.1, 0.15) is 10.9 Å². The molecule has 4 nitrogen and oxygen atoms in total. The van der Waals surface area contributed by atoms with Crippen LogP contribution >= 0.6 is 24.0 Å². The molecule has 1 saturated heterocycles. The summed E-state index contributed by atoms with van der Waals surface area (Å²) in [6.45, 7) is 1.81. The fourth-order valence-electron chi connectivity index (χ4n) is 3.24. The Hall–Kier alpha value is -3.22. The number of hydrogen-bond donors (Lipinski definition) is 1. The number of thiocarbonyl (C=S) groups is 1. The molecule has 154 valence electrons. The minimum absolute atomic E-state index is 0.108. The highest BCUT2D eigenvalue weighted by molar-refractivity contribution is 8.26. The van der Waals surface area contributed by atoms with Crippen LogP contribution in [-0.4, -0.2) is 27.6 Å². The molecule has 1 fully saturated rings. The van der Waals surface area contributed by atoms with Crippen molar-refractivity contribution in [1.29, 1.82) is 0 Å². The smallest absolute Gasteiger partial charge is 0.266 e. The molecular formula is C25H20N2O2S2. The van der Waals surface area contributed by atoms with E-state index in [4.69, 9.17) is 12.2 Å².